The van der Waals surface area contributed by atoms with Crippen molar-refractivity contribution >= 4 is 19.6 Å². The van der Waals surface area contributed by atoms with Gasteiger partial charge in [-0.05, 0) is 31.9 Å². The smallest absolute Gasteiger partial charge is 0.316 e. The number of hydrogen-bond acceptors (Lipinski definition) is 6. The van der Waals surface area contributed by atoms with Gasteiger partial charge in [0.1, 0.15) is 17.9 Å². The second-order valence-corrected chi connectivity index (χ2v) is 6.17. The molecule has 1 saturated heterocycles. The molecule has 1 aliphatic heterocycles. The number of aromatic nitrogens is 3. The SMILES string of the molecule is C[C@@]1(CO[PH](=O)O)CC[C@H](c2ccc3c(N)ncnn23)O1. The highest BCUT2D eigenvalue weighted by Gasteiger charge is 2.38. The van der Waals surface area contributed by atoms with Crippen molar-refractivity contribution in [1.29, 1.82) is 0 Å². The van der Waals surface area contributed by atoms with Crippen LogP contribution in [0.15, 0.2) is 18.5 Å². The summed E-state index contributed by atoms with van der Waals surface area (Å²) >= 11 is 0. The Labute approximate surface area is 121 Å². The highest BCUT2D eigenvalue weighted by molar-refractivity contribution is 7.32. The Morgan fingerprint density at radius 2 is 2.48 bits per heavy atom. The molecule has 2 aromatic heterocycles. The average Bonchev–Trinajstić information content (AvgIpc) is 3.02. The zero-order valence-electron chi connectivity index (χ0n) is 11.5. The van der Waals surface area contributed by atoms with Gasteiger partial charge in [0.25, 0.3) is 0 Å². The number of nitrogens with two attached hydrogens (primary N) is 1. The minimum absolute atomic E-state index is 0.0955. The zero-order chi connectivity index (χ0) is 15.0. The first-order valence-corrected chi connectivity index (χ1v) is 7.86. The lowest BCUT2D eigenvalue weighted by atomic mass is 10.0. The van der Waals surface area contributed by atoms with Crippen LogP contribution in [0.3, 0.4) is 0 Å². The molecular formula is C12H17N4O4P. The van der Waals surface area contributed by atoms with Gasteiger partial charge in [-0.3, -0.25) is 4.57 Å². The Morgan fingerprint density at radius 3 is 3.24 bits per heavy atom. The lowest BCUT2D eigenvalue weighted by molar-refractivity contribution is -0.0578. The predicted molar refractivity (Wildman–Crippen MR) is 76.0 cm³/mol. The second-order valence-electron chi connectivity index (χ2n) is 5.35. The molecular weight excluding hydrogens is 295 g/mol. The Hall–Kier alpha value is -1.47. The molecule has 3 atom stereocenters. The normalized spacial score (nSPS) is 27.2. The lowest BCUT2D eigenvalue weighted by Gasteiger charge is -2.23. The van der Waals surface area contributed by atoms with Crippen LogP contribution < -0.4 is 5.73 Å². The standard InChI is InChI=1S/C12H17N4O4P/c1-12(6-19-21(17)18)5-4-10(20-12)8-2-3-9-11(13)14-7-15-16(8)9/h2-3,7,10,21H,4-6H2,1H3,(H,17,18)(H2,13,14,15)/t10-,12+/m1/s1. The number of nitrogens with zero attached hydrogens (tertiary/aromatic N) is 3. The van der Waals surface area contributed by atoms with E-state index in [1.54, 1.807) is 4.52 Å². The van der Waals surface area contributed by atoms with Gasteiger partial charge >= 0.3 is 8.25 Å². The van der Waals surface area contributed by atoms with Gasteiger partial charge in [-0.2, -0.15) is 5.10 Å². The van der Waals surface area contributed by atoms with Crippen molar-refractivity contribution in [3.8, 4) is 0 Å². The molecule has 0 aliphatic carbocycles. The van der Waals surface area contributed by atoms with Gasteiger partial charge in [0.15, 0.2) is 5.82 Å². The molecule has 0 amide bonds. The first-order chi connectivity index (χ1) is 9.98. The van der Waals surface area contributed by atoms with Crippen LogP contribution in [-0.2, 0) is 13.8 Å². The second kappa shape index (κ2) is 5.38. The molecule has 21 heavy (non-hydrogen) atoms. The summed E-state index contributed by atoms with van der Waals surface area (Å²) in [4.78, 5) is 12.7. The molecule has 3 N–H and O–H groups in total. The summed E-state index contributed by atoms with van der Waals surface area (Å²) in [5, 5.41) is 4.20. The maximum absolute atomic E-state index is 10.7. The van der Waals surface area contributed by atoms with Crippen molar-refractivity contribution in [2.45, 2.75) is 31.5 Å². The number of hydrogen-bond donors (Lipinski definition) is 2. The number of anilines is 1. The highest BCUT2D eigenvalue weighted by atomic mass is 31.1. The van der Waals surface area contributed by atoms with Crippen LogP contribution in [0.2, 0.25) is 0 Å². The maximum atomic E-state index is 10.7. The van der Waals surface area contributed by atoms with Gasteiger partial charge in [-0.1, -0.05) is 0 Å². The predicted octanol–water partition coefficient (Wildman–Crippen LogP) is 1.32. The summed E-state index contributed by atoms with van der Waals surface area (Å²) in [6, 6.07) is 3.76. The summed E-state index contributed by atoms with van der Waals surface area (Å²) in [5.74, 6) is 0.416. The molecule has 9 heteroatoms. The molecule has 1 aliphatic rings. The van der Waals surface area contributed by atoms with Crippen LogP contribution in [0.4, 0.5) is 5.82 Å². The molecule has 0 saturated carbocycles. The van der Waals surface area contributed by atoms with Crippen molar-refractivity contribution in [2.75, 3.05) is 12.3 Å². The summed E-state index contributed by atoms with van der Waals surface area (Å²) in [7, 11) is -2.94. The van der Waals surface area contributed by atoms with Crippen molar-refractivity contribution in [3.63, 3.8) is 0 Å². The molecule has 2 aromatic rings. The van der Waals surface area contributed by atoms with Gasteiger partial charge in [-0.15, -0.1) is 0 Å². The highest BCUT2D eigenvalue weighted by Crippen LogP contribution is 2.40. The average molecular weight is 312 g/mol. The van der Waals surface area contributed by atoms with Gasteiger partial charge in [0.2, 0.25) is 0 Å². The number of fused-ring (bicyclic) bond motifs is 1. The van der Waals surface area contributed by atoms with Crippen molar-refractivity contribution < 1.29 is 18.7 Å². The summed E-state index contributed by atoms with van der Waals surface area (Å²) < 4.78 is 23.2. The number of ether oxygens (including phenoxy) is 1. The van der Waals surface area contributed by atoms with E-state index >= 15 is 0 Å². The first kappa shape index (κ1) is 14.5. The monoisotopic (exact) mass is 312 g/mol. The van der Waals surface area contributed by atoms with Crippen LogP contribution in [0.5, 0.6) is 0 Å². The third-order valence-electron chi connectivity index (χ3n) is 3.70. The largest absolute Gasteiger partial charge is 0.382 e. The van der Waals surface area contributed by atoms with Gasteiger partial charge in [0.05, 0.1) is 17.9 Å². The molecule has 0 aromatic carbocycles. The van der Waals surface area contributed by atoms with E-state index in [2.05, 4.69) is 10.1 Å². The van der Waals surface area contributed by atoms with Crippen molar-refractivity contribution in [3.05, 3.63) is 24.2 Å². The van der Waals surface area contributed by atoms with E-state index in [-0.39, 0.29) is 12.7 Å². The lowest BCUT2D eigenvalue weighted by Crippen LogP contribution is -2.29. The Kier molecular flexibility index (Phi) is 3.71. The Morgan fingerprint density at radius 1 is 1.67 bits per heavy atom. The topological polar surface area (TPSA) is 112 Å². The summed E-state index contributed by atoms with van der Waals surface area (Å²) in [5.41, 5.74) is 6.86. The number of nitrogen functional groups attached to an aromatic ring is 1. The van der Waals surface area contributed by atoms with E-state index in [1.807, 2.05) is 19.1 Å². The van der Waals surface area contributed by atoms with Gasteiger partial charge in [0, 0.05) is 0 Å². The maximum Gasteiger partial charge on any atom is 0.316 e. The first-order valence-electron chi connectivity index (χ1n) is 6.60. The molecule has 3 rings (SSSR count). The molecule has 3 heterocycles. The minimum Gasteiger partial charge on any atom is -0.382 e. The van der Waals surface area contributed by atoms with Crippen molar-refractivity contribution in [1.82, 2.24) is 14.6 Å². The third-order valence-corrected chi connectivity index (χ3v) is 4.10. The van der Waals surface area contributed by atoms with E-state index in [0.29, 0.717) is 5.82 Å². The molecule has 114 valence electrons. The molecule has 1 unspecified atom stereocenters. The van der Waals surface area contributed by atoms with E-state index in [9.17, 15) is 4.57 Å². The molecule has 1 fully saturated rings. The fourth-order valence-electron chi connectivity index (χ4n) is 2.64. The minimum atomic E-state index is -2.94. The van der Waals surface area contributed by atoms with Gasteiger partial charge in [-0.25, -0.2) is 9.50 Å². The quantitative estimate of drug-likeness (QED) is 0.819. The van der Waals surface area contributed by atoms with Crippen LogP contribution in [0.1, 0.15) is 31.6 Å². The Balaban J connectivity index is 1.82. The van der Waals surface area contributed by atoms with Crippen LogP contribution in [0, 0.1) is 0 Å². The van der Waals surface area contributed by atoms with E-state index < -0.39 is 13.9 Å². The van der Waals surface area contributed by atoms with Crippen LogP contribution in [-0.4, -0.2) is 31.7 Å². The molecule has 0 bridgehead atoms. The summed E-state index contributed by atoms with van der Waals surface area (Å²) in [6.45, 7) is 1.97. The van der Waals surface area contributed by atoms with E-state index in [0.717, 1.165) is 24.1 Å². The fourth-order valence-corrected chi connectivity index (χ4v) is 3.07. The molecule has 0 spiro atoms. The Bertz CT molecular complexity index is 691. The summed E-state index contributed by atoms with van der Waals surface area (Å²) in [6.07, 6.45) is 2.76. The molecule has 0 radical (unpaired) electrons. The van der Waals surface area contributed by atoms with E-state index in [1.165, 1.54) is 6.33 Å². The number of rotatable bonds is 4. The van der Waals surface area contributed by atoms with Gasteiger partial charge < -0.3 is 19.9 Å². The molecule has 8 nitrogen and oxygen atoms in total. The third kappa shape index (κ3) is 2.80. The zero-order valence-corrected chi connectivity index (χ0v) is 12.5. The van der Waals surface area contributed by atoms with Crippen LogP contribution in [0.25, 0.3) is 5.52 Å². The van der Waals surface area contributed by atoms with Crippen LogP contribution >= 0.6 is 8.25 Å². The van der Waals surface area contributed by atoms with Crippen molar-refractivity contribution in [2.24, 2.45) is 0 Å². The fraction of sp³-hybridized carbons (Fsp3) is 0.500. The van der Waals surface area contributed by atoms with E-state index in [4.69, 9.17) is 19.9 Å².